The fourth-order valence-corrected chi connectivity index (χ4v) is 1.92. The number of hydrogen-bond donors (Lipinski definition) is 0. The van der Waals surface area contributed by atoms with Crippen LogP contribution in [0.5, 0.6) is 11.5 Å². The average Bonchev–Trinajstić information content (AvgIpc) is 2.53. The number of allylic oxidation sites excluding steroid dienone is 1. The molecule has 0 fully saturated rings. The molecule has 0 aliphatic rings. The Hall–Kier alpha value is -2.50. The van der Waals surface area contributed by atoms with Gasteiger partial charge in [-0.05, 0) is 18.6 Å². The molecule has 1 aromatic rings. The minimum atomic E-state index is -0.395. The van der Waals surface area contributed by atoms with Crippen LogP contribution >= 0.6 is 0 Å². The Morgan fingerprint density at radius 3 is 1.83 bits per heavy atom. The van der Waals surface area contributed by atoms with Crippen molar-refractivity contribution in [3.05, 3.63) is 35.4 Å². The van der Waals surface area contributed by atoms with Gasteiger partial charge in [-0.25, -0.2) is 0 Å². The third-order valence-electron chi connectivity index (χ3n) is 3.05. The van der Waals surface area contributed by atoms with Crippen LogP contribution < -0.4 is 9.47 Å². The van der Waals surface area contributed by atoms with Crippen molar-refractivity contribution in [2.24, 2.45) is 0 Å². The lowest BCUT2D eigenvalue weighted by Crippen LogP contribution is -2.11. The molecular formula is C17H22O6. The van der Waals surface area contributed by atoms with Crippen molar-refractivity contribution in [3.8, 4) is 11.5 Å². The Bertz CT molecular complexity index is 534. The van der Waals surface area contributed by atoms with Gasteiger partial charge < -0.3 is 18.9 Å². The highest BCUT2D eigenvalue weighted by Gasteiger charge is 2.10. The summed E-state index contributed by atoms with van der Waals surface area (Å²) in [6.45, 7) is 2.79. The van der Waals surface area contributed by atoms with E-state index < -0.39 is 11.9 Å². The number of hydrogen-bond acceptors (Lipinski definition) is 6. The van der Waals surface area contributed by atoms with Crippen molar-refractivity contribution in [2.45, 2.75) is 20.3 Å². The molecule has 1 rings (SSSR count). The summed E-state index contributed by atoms with van der Waals surface area (Å²) < 4.78 is 20.6. The van der Waals surface area contributed by atoms with Crippen LogP contribution in [0, 0.1) is 0 Å². The van der Waals surface area contributed by atoms with Crippen LogP contribution in [0.15, 0.2) is 29.8 Å². The standard InChI is InChI=1S/C17H22O6/c1-12(18)22-10-14(11-23-13(2)19)8-9-15-16(20-3)6-5-7-17(15)21-4/h5-8H,9-11H2,1-4H3. The Labute approximate surface area is 136 Å². The Morgan fingerprint density at radius 1 is 0.957 bits per heavy atom. The minimum Gasteiger partial charge on any atom is -0.496 e. The van der Waals surface area contributed by atoms with Gasteiger partial charge in [-0.3, -0.25) is 9.59 Å². The van der Waals surface area contributed by atoms with E-state index in [-0.39, 0.29) is 13.2 Å². The molecule has 0 amide bonds. The second kappa shape index (κ2) is 9.50. The summed E-state index contributed by atoms with van der Waals surface area (Å²) in [4.78, 5) is 21.9. The lowest BCUT2D eigenvalue weighted by molar-refractivity contribution is -0.141. The number of methoxy groups -OCH3 is 2. The quantitative estimate of drug-likeness (QED) is 0.540. The van der Waals surface area contributed by atoms with Gasteiger partial charge in [0.2, 0.25) is 0 Å². The third-order valence-corrected chi connectivity index (χ3v) is 3.05. The molecule has 0 bridgehead atoms. The first-order valence-electron chi connectivity index (χ1n) is 7.12. The van der Waals surface area contributed by atoms with E-state index in [9.17, 15) is 9.59 Å². The van der Waals surface area contributed by atoms with Crippen LogP contribution in [0.2, 0.25) is 0 Å². The smallest absolute Gasteiger partial charge is 0.302 e. The molecule has 0 aliphatic carbocycles. The normalized spacial score (nSPS) is 9.74. The number of carbonyl (C=O) groups excluding carboxylic acids is 2. The maximum absolute atomic E-state index is 11.0. The van der Waals surface area contributed by atoms with Crippen molar-refractivity contribution in [3.63, 3.8) is 0 Å². The monoisotopic (exact) mass is 322 g/mol. The van der Waals surface area contributed by atoms with Crippen molar-refractivity contribution in [1.82, 2.24) is 0 Å². The predicted molar refractivity (Wildman–Crippen MR) is 84.6 cm³/mol. The van der Waals surface area contributed by atoms with E-state index in [1.807, 2.05) is 24.3 Å². The van der Waals surface area contributed by atoms with E-state index in [1.165, 1.54) is 13.8 Å². The average molecular weight is 322 g/mol. The molecule has 6 heteroatoms. The van der Waals surface area contributed by atoms with Gasteiger partial charge in [-0.2, -0.15) is 0 Å². The molecule has 0 heterocycles. The van der Waals surface area contributed by atoms with Gasteiger partial charge in [0.15, 0.2) is 0 Å². The summed E-state index contributed by atoms with van der Waals surface area (Å²) in [6, 6.07) is 5.51. The molecule has 0 N–H and O–H groups in total. The van der Waals surface area contributed by atoms with Gasteiger partial charge in [0, 0.05) is 25.0 Å². The van der Waals surface area contributed by atoms with E-state index in [0.717, 1.165) is 5.56 Å². The van der Waals surface area contributed by atoms with Crippen LogP contribution in [0.1, 0.15) is 19.4 Å². The first kappa shape index (κ1) is 18.5. The van der Waals surface area contributed by atoms with E-state index in [1.54, 1.807) is 14.2 Å². The fraction of sp³-hybridized carbons (Fsp3) is 0.412. The second-order valence-electron chi connectivity index (χ2n) is 4.77. The maximum Gasteiger partial charge on any atom is 0.302 e. The molecule has 0 unspecified atom stereocenters. The summed E-state index contributed by atoms with van der Waals surface area (Å²) >= 11 is 0. The molecular weight excluding hydrogens is 300 g/mol. The zero-order valence-electron chi connectivity index (χ0n) is 13.9. The lowest BCUT2D eigenvalue weighted by atomic mass is 10.1. The molecule has 0 spiro atoms. The first-order chi connectivity index (χ1) is 11.0. The fourth-order valence-electron chi connectivity index (χ4n) is 1.92. The summed E-state index contributed by atoms with van der Waals surface area (Å²) in [6.07, 6.45) is 2.33. The molecule has 0 atom stereocenters. The molecule has 0 aliphatic heterocycles. The summed E-state index contributed by atoms with van der Waals surface area (Å²) in [5, 5.41) is 0. The Balaban J connectivity index is 2.93. The predicted octanol–water partition coefficient (Wildman–Crippen LogP) is 2.30. The molecule has 0 radical (unpaired) electrons. The molecule has 1 aromatic carbocycles. The van der Waals surface area contributed by atoms with Crippen molar-refractivity contribution in [2.75, 3.05) is 27.4 Å². The molecule has 126 valence electrons. The second-order valence-corrected chi connectivity index (χ2v) is 4.77. The van der Waals surface area contributed by atoms with Gasteiger partial charge in [-0.1, -0.05) is 12.1 Å². The number of rotatable bonds is 8. The van der Waals surface area contributed by atoms with Crippen LogP contribution in [0.25, 0.3) is 0 Å². The highest BCUT2D eigenvalue weighted by molar-refractivity contribution is 5.66. The topological polar surface area (TPSA) is 71.1 Å². The summed E-state index contributed by atoms with van der Waals surface area (Å²) in [7, 11) is 3.17. The van der Waals surface area contributed by atoms with Crippen molar-refractivity contribution < 1.29 is 28.5 Å². The minimum absolute atomic E-state index is 0.0695. The number of esters is 2. The van der Waals surface area contributed by atoms with Crippen LogP contribution in [0.3, 0.4) is 0 Å². The zero-order chi connectivity index (χ0) is 17.2. The first-order valence-corrected chi connectivity index (χ1v) is 7.12. The largest absolute Gasteiger partial charge is 0.496 e. The Kier molecular flexibility index (Phi) is 7.66. The highest BCUT2D eigenvalue weighted by Crippen LogP contribution is 2.29. The van der Waals surface area contributed by atoms with E-state index in [4.69, 9.17) is 18.9 Å². The lowest BCUT2D eigenvalue weighted by Gasteiger charge is -2.13. The van der Waals surface area contributed by atoms with E-state index in [2.05, 4.69) is 0 Å². The summed E-state index contributed by atoms with van der Waals surface area (Å²) in [5.74, 6) is 0.599. The number of ether oxygens (including phenoxy) is 4. The molecule has 23 heavy (non-hydrogen) atoms. The summed E-state index contributed by atoms with van der Waals surface area (Å²) in [5.41, 5.74) is 1.55. The van der Waals surface area contributed by atoms with E-state index in [0.29, 0.717) is 23.5 Å². The molecule has 0 aromatic heterocycles. The van der Waals surface area contributed by atoms with Gasteiger partial charge in [-0.15, -0.1) is 0 Å². The van der Waals surface area contributed by atoms with E-state index >= 15 is 0 Å². The maximum atomic E-state index is 11.0. The van der Waals surface area contributed by atoms with Crippen LogP contribution in [-0.4, -0.2) is 39.4 Å². The SMILES string of the molecule is COc1cccc(OC)c1CC=C(COC(C)=O)COC(C)=O. The van der Waals surface area contributed by atoms with Gasteiger partial charge in [0.05, 0.1) is 14.2 Å². The van der Waals surface area contributed by atoms with Gasteiger partial charge >= 0.3 is 11.9 Å². The molecule has 6 nitrogen and oxygen atoms in total. The molecule has 0 saturated carbocycles. The van der Waals surface area contributed by atoms with Crippen LogP contribution in [-0.2, 0) is 25.5 Å². The van der Waals surface area contributed by atoms with Gasteiger partial charge in [0.25, 0.3) is 0 Å². The number of carbonyl (C=O) groups is 2. The number of benzene rings is 1. The van der Waals surface area contributed by atoms with Crippen LogP contribution in [0.4, 0.5) is 0 Å². The van der Waals surface area contributed by atoms with Crippen molar-refractivity contribution >= 4 is 11.9 Å². The molecule has 0 saturated heterocycles. The Morgan fingerprint density at radius 2 is 1.43 bits per heavy atom. The zero-order valence-corrected chi connectivity index (χ0v) is 13.9. The highest BCUT2D eigenvalue weighted by atomic mass is 16.5. The van der Waals surface area contributed by atoms with Crippen molar-refractivity contribution in [1.29, 1.82) is 0 Å². The third kappa shape index (κ3) is 6.42. The van der Waals surface area contributed by atoms with Gasteiger partial charge in [0.1, 0.15) is 24.7 Å².